The number of fused-ring (bicyclic) bond motifs is 9. The summed E-state index contributed by atoms with van der Waals surface area (Å²) >= 11 is 0. The first-order valence-electron chi connectivity index (χ1n) is 14.8. The topological polar surface area (TPSA) is 29.4 Å². The maximum absolute atomic E-state index is 5.22. The number of aromatic hydroxyl groups is 1. The maximum Gasteiger partial charge on any atom is 0.344 e. The minimum atomic E-state index is -0.0500. The Morgan fingerprint density at radius 2 is 1.26 bits per heavy atom. The molecule has 0 bridgehead atoms. The lowest BCUT2D eigenvalue weighted by atomic mass is 9.81. The van der Waals surface area contributed by atoms with Gasteiger partial charge in [0.05, 0.1) is 5.39 Å². The van der Waals surface area contributed by atoms with E-state index in [0.29, 0.717) is 0 Å². The number of aliphatic hydroxyl groups is 1. The van der Waals surface area contributed by atoms with Gasteiger partial charge in [-0.25, -0.2) is 5.32 Å². The predicted octanol–water partition coefficient (Wildman–Crippen LogP) is 9.27. The second-order valence-corrected chi connectivity index (χ2v) is 12.4. The molecule has 0 radical (unpaired) electrons. The quantitative estimate of drug-likeness (QED) is 0.0978. The van der Waals surface area contributed by atoms with E-state index in [2.05, 4.69) is 147 Å². The summed E-state index contributed by atoms with van der Waals surface area (Å²) in [5.41, 5.74) is 10.5. The van der Waals surface area contributed by atoms with Crippen LogP contribution in [0.4, 0.5) is 5.69 Å². The fourth-order valence-electron chi connectivity index (χ4n) is 7.37. The average Bonchev–Trinajstić information content (AvgIpc) is 3.57. The molecule has 2 nitrogen and oxygen atoms in total. The van der Waals surface area contributed by atoms with Crippen molar-refractivity contribution in [2.45, 2.75) is 25.5 Å². The molecule has 0 aromatic heterocycles. The molecule has 1 aliphatic heterocycles. The van der Waals surface area contributed by atoms with Crippen molar-refractivity contribution in [1.82, 2.24) is 0 Å². The molecule has 2 aliphatic rings. The van der Waals surface area contributed by atoms with Crippen LogP contribution in [0.15, 0.2) is 127 Å². The van der Waals surface area contributed by atoms with Crippen molar-refractivity contribution in [3.05, 3.63) is 144 Å². The van der Waals surface area contributed by atoms with Crippen LogP contribution in [0.3, 0.4) is 0 Å². The van der Waals surface area contributed by atoms with Crippen LogP contribution in [0.2, 0.25) is 0 Å². The standard InChI is InChI=1S/C40H29NO/c1-40(2)34-23-29(15-18-32(34)33-21-26-10-6-7-11-27(26)22-35(33)40)28-14-17-31-30(20-28)13-12-24-16-19-36-38(37(24)31)42-39(41-36)25-8-4-3-5-9-25/h3-23,39,41H,1-2H3/p+2. The maximum atomic E-state index is 5.22. The third-order valence-electron chi connectivity index (χ3n) is 9.63. The summed E-state index contributed by atoms with van der Waals surface area (Å²) in [6.45, 7) is 4.74. The molecule has 7 aromatic carbocycles. The molecule has 7 aromatic rings. The lowest BCUT2D eigenvalue weighted by molar-refractivity contribution is -0.657. The van der Waals surface area contributed by atoms with Gasteiger partial charge in [0.15, 0.2) is 0 Å². The minimum absolute atomic E-state index is 0.0500. The van der Waals surface area contributed by atoms with Gasteiger partial charge >= 0.3 is 12.0 Å². The zero-order valence-corrected chi connectivity index (χ0v) is 23.7. The van der Waals surface area contributed by atoms with Crippen molar-refractivity contribution in [2.24, 2.45) is 0 Å². The molecule has 9 rings (SSSR count). The lowest BCUT2D eigenvalue weighted by Crippen LogP contribution is -2.77. The van der Waals surface area contributed by atoms with Gasteiger partial charge in [0.2, 0.25) is 5.69 Å². The van der Waals surface area contributed by atoms with Gasteiger partial charge < -0.3 is 4.74 Å². The van der Waals surface area contributed by atoms with Gasteiger partial charge in [-0.1, -0.05) is 92.7 Å². The van der Waals surface area contributed by atoms with Crippen molar-refractivity contribution >= 4 is 38.0 Å². The monoisotopic (exact) mass is 541 g/mol. The molecule has 2 heteroatoms. The number of benzene rings is 7. The summed E-state index contributed by atoms with van der Waals surface area (Å²) in [6, 6.07) is 47.1. The Morgan fingerprint density at radius 1 is 0.571 bits per heavy atom. The highest BCUT2D eigenvalue weighted by Gasteiger charge is 2.37. The predicted molar refractivity (Wildman–Crippen MR) is 174 cm³/mol. The minimum Gasteiger partial charge on any atom is -0.531 e. The summed E-state index contributed by atoms with van der Waals surface area (Å²) in [6.07, 6.45) is 0.0674. The summed E-state index contributed by atoms with van der Waals surface area (Å²) < 4.78 is 5.22. The number of ether oxygens (including phenoxy) is 1. The van der Waals surface area contributed by atoms with Crippen LogP contribution in [0, 0.1) is 0 Å². The van der Waals surface area contributed by atoms with Gasteiger partial charge in [0.25, 0.3) is 0 Å². The molecule has 1 heterocycles. The summed E-state index contributed by atoms with van der Waals surface area (Å²) in [7, 11) is 0. The van der Waals surface area contributed by atoms with Crippen molar-refractivity contribution in [2.75, 3.05) is 0 Å². The molecule has 42 heavy (non-hydrogen) atoms. The molecular weight excluding hydrogens is 510 g/mol. The van der Waals surface area contributed by atoms with Gasteiger partial charge in [0, 0.05) is 11.5 Å². The third-order valence-corrected chi connectivity index (χ3v) is 9.63. The first-order chi connectivity index (χ1) is 20.5. The Bertz CT molecular complexity index is 2230. The fourth-order valence-corrected chi connectivity index (χ4v) is 7.37. The second-order valence-electron chi connectivity index (χ2n) is 12.4. The average molecular weight is 542 g/mol. The van der Waals surface area contributed by atoms with E-state index in [9.17, 15) is 0 Å². The Morgan fingerprint density at radius 3 is 2.12 bits per heavy atom. The van der Waals surface area contributed by atoms with E-state index in [4.69, 9.17) is 4.74 Å². The number of nitrogens with two attached hydrogens (primary N) is 1. The molecule has 0 saturated heterocycles. The SMILES string of the molecule is CC1(C)c2cc(-c3ccc4c(ccc5ccc6c(c54)[OH+]C(c4ccccc4)[NH2+]6)c3)ccc2-c2cc3ccccc3cc21. The normalized spacial score (nSPS) is 16.4. The summed E-state index contributed by atoms with van der Waals surface area (Å²) in [5, 5.41) is 9.92. The third kappa shape index (κ3) is 3.36. The summed E-state index contributed by atoms with van der Waals surface area (Å²) in [5.74, 6) is 1.11. The molecule has 1 unspecified atom stereocenters. The van der Waals surface area contributed by atoms with E-state index < -0.39 is 0 Å². The summed E-state index contributed by atoms with van der Waals surface area (Å²) in [4.78, 5) is 0. The molecule has 3 N–H and O–H groups in total. The molecule has 200 valence electrons. The van der Waals surface area contributed by atoms with Crippen LogP contribution in [0.1, 0.15) is 36.8 Å². The molecule has 1 aliphatic carbocycles. The molecule has 0 saturated carbocycles. The molecular formula is C40H31NO+2. The first kappa shape index (κ1) is 23.8. The van der Waals surface area contributed by atoms with E-state index in [1.807, 2.05) is 0 Å². The van der Waals surface area contributed by atoms with E-state index in [1.54, 1.807) is 0 Å². The van der Waals surface area contributed by atoms with E-state index in [-0.39, 0.29) is 11.6 Å². The van der Waals surface area contributed by atoms with Gasteiger partial charge in [-0.05, 0) is 103 Å². The van der Waals surface area contributed by atoms with Gasteiger partial charge in [-0.3, -0.25) is 0 Å². The van der Waals surface area contributed by atoms with Crippen molar-refractivity contribution in [3.63, 3.8) is 0 Å². The van der Waals surface area contributed by atoms with E-state index in [1.165, 1.54) is 76.9 Å². The largest absolute Gasteiger partial charge is 0.531 e. The number of quaternary nitrogens is 1. The van der Waals surface area contributed by atoms with Crippen LogP contribution < -0.4 is 5.32 Å². The van der Waals surface area contributed by atoms with Crippen molar-refractivity contribution in [1.29, 1.82) is 0 Å². The lowest BCUT2D eigenvalue weighted by Gasteiger charge is -2.22. The van der Waals surface area contributed by atoms with Gasteiger partial charge in [-0.15, -0.1) is 0 Å². The molecule has 1 atom stereocenters. The van der Waals surface area contributed by atoms with E-state index in [0.717, 1.165) is 5.75 Å². The van der Waals surface area contributed by atoms with Crippen LogP contribution in [-0.2, 0) is 5.41 Å². The Labute approximate surface area is 245 Å². The second kappa shape index (κ2) is 8.55. The molecule has 0 amide bonds. The first-order valence-corrected chi connectivity index (χ1v) is 14.8. The number of rotatable bonds is 2. The zero-order chi connectivity index (χ0) is 28.0. The van der Waals surface area contributed by atoms with Gasteiger partial charge in [0.1, 0.15) is 5.56 Å². The van der Waals surface area contributed by atoms with Crippen LogP contribution >= 0.6 is 0 Å². The highest BCUT2D eigenvalue weighted by molar-refractivity contribution is 6.12. The van der Waals surface area contributed by atoms with Crippen molar-refractivity contribution < 1.29 is 10.1 Å². The Kier molecular flexibility index (Phi) is 4.83. The van der Waals surface area contributed by atoms with Crippen molar-refractivity contribution in [3.8, 4) is 28.0 Å². The Hall–Kier alpha value is -4.92. The number of hydrogen-bond donors (Lipinski definition) is 1. The number of hydrogen-bond acceptors (Lipinski definition) is 0. The van der Waals surface area contributed by atoms with E-state index >= 15 is 0 Å². The Balaban J connectivity index is 1.14. The highest BCUT2D eigenvalue weighted by Crippen LogP contribution is 2.51. The van der Waals surface area contributed by atoms with Crippen LogP contribution in [0.25, 0.3) is 54.6 Å². The van der Waals surface area contributed by atoms with Crippen LogP contribution in [-0.4, -0.2) is 4.74 Å². The zero-order valence-electron chi connectivity index (χ0n) is 23.7. The van der Waals surface area contributed by atoms with Gasteiger partial charge in [-0.2, -0.15) is 0 Å². The molecule has 0 spiro atoms. The molecule has 0 fully saturated rings. The fraction of sp³-hybridized carbons (Fsp3) is 0.100. The van der Waals surface area contributed by atoms with Crippen LogP contribution in [0.5, 0.6) is 5.75 Å². The smallest absolute Gasteiger partial charge is 0.344 e. The highest BCUT2D eigenvalue weighted by atomic mass is 16.5.